The number of rotatable bonds is 5. The van der Waals surface area contributed by atoms with Crippen LogP contribution in [0.1, 0.15) is 53.3 Å². The minimum Gasteiger partial charge on any atom is -0.331 e. The van der Waals surface area contributed by atoms with E-state index in [-0.39, 0.29) is 5.91 Å². The number of carbonyl (C=O) groups is 1. The fourth-order valence-electron chi connectivity index (χ4n) is 4.19. The van der Waals surface area contributed by atoms with E-state index >= 15 is 0 Å². The molecule has 4 heterocycles. The molecule has 7 nitrogen and oxygen atoms in total. The molecule has 1 aliphatic heterocycles. The number of hydrogen-bond acceptors (Lipinski definition) is 5. The lowest BCUT2D eigenvalue weighted by molar-refractivity contribution is 0.0731. The Labute approximate surface area is 164 Å². The molecule has 2 aliphatic rings. The SMILES string of the molecule is CN1CCCC1c1ccnc2c(C(=O)N(Cc3cccnc3)C3CC3)cnn12. The van der Waals surface area contributed by atoms with Crippen molar-refractivity contribution >= 4 is 11.6 Å². The molecule has 1 unspecified atom stereocenters. The van der Waals surface area contributed by atoms with Crippen molar-refractivity contribution in [2.24, 2.45) is 0 Å². The highest BCUT2D eigenvalue weighted by molar-refractivity contribution is 6.00. The number of fused-ring (bicyclic) bond motifs is 1. The lowest BCUT2D eigenvalue weighted by Crippen LogP contribution is -2.32. The van der Waals surface area contributed by atoms with Crippen molar-refractivity contribution in [1.82, 2.24) is 29.4 Å². The quantitative estimate of drug-likeness (QED) is 0.685. The van der Waals surface area contributed by atoms with E-state index in [1.54, 1.807) is 18.6 Å². The molecule has 28 heavy (non-hydrogen) atoms. The van der Waals surface area contributed by atoms with Gasteiger partial charge in [-0.05, 0) is 57.0 Å². The van der Waals surface area contributed by atoms with Crippen LogP contribution in [0.15, 0.2) is 43.0 Å². The van der Waals surface area contributed by atoms with Gasteiger partial charge in [0.1, 0.15) is 5.56 Å². The standard InChI is InChI=1S/C21H24N6O/c1-25-11-3-5-18(25)19-8-10-23-20-17(13-24-27(19)20)21(28)26(16-6-7-16)14-15-4-2-9-22-12-15/h2,4,8-10,12-13,16,18H,3,5-7,11,14H2,1H3. The van der Waals surface area contributed by atoms with Crippen molar-refractivity contribution in [2.45, 2.75) is 44.3 Å². The van der Waals surface area contributed by atoms with Gasteiger partial charge in [-0.3, -0.25) is 14.7 Å². The Morgan fingerprint density at radius 3 is 2.82 bits per heavy atom. The van der Waals surface area contributed by atoms with E-state index in [4.69, 9.17) is 0 Å². The number of amides is 1. The van der Waals surface area contributed by atoms with E-state index in [0.717, 1.165) is 37.1 Å². The van der Waals surface area contributed by atoms with E-state index in [1.807, 2.05) is 33.8 Å². The molecule has 144 valence electrons. The van der Waals surface area contributed by atoms with Crippen LogP contribution in [0.4, 0.5) is 0 Å². The van der Waals surface area contributed by atoms with Gasteiger partial charge < -0.3 is 4.90 Å². The first-order valence-corrected chi connectivity index (χ1v) is 9.95. The summed E-state index contributed by atoms with van der Waals surface area (Å²) in [6.07, 6.45) is 11.5. The Morgan fingerprint density at radius 1 is 1.21 bits per heavy atom. The summed E-state index contributed by atoms with van der Waals surface area (Å²) in [6, 6.07) is 6.56. The third-order valence-electron chi connectivity index (χ3n) is 5.85. The topological polar surface area (TPSA) is 66.6 Å². The van der Waals surface area contributed by atoms with Gasteiger partial charge in [0, 0.05) is 31.2 Å². The molecule has 3 aromatic heterocycles. The molecule has 1 atom stereocenters. The van der Waals surface area contributed by atoms with Gasteiger partial charge in [0.05, 0.1) is 17.9 Å². The van der Waals surface area contributed by atoms with Crippen LogP contribution < -0.4 is 0 Å². The van der Waals surface area contributed by atoms with Gasteiger partial charge in [0.2, 0.25) is 0 Å². The first kappa shape index (κ1) is 17.3. The van der Waals surface area contributed by atoms with Gasteiger partial charge in [-0.15, -0.1) is 0 Å². The maximum absolute atomic E-state index is 13.4. The van der Waals surface area contributed by atoms with Crippen LogP contribution in [-0.2, 0) is 6.54 Å². The van der Waals surface area contributed by atoms with Crippen LogP contribution in [0.5, 0.6) is 0 Å². The van der Waals surface area contributed by atoms with E-state index in [1.165, 1.54) is 6.42 Å². The molecular formula is C21H24N6O. The molecule has 0 bridgehead atoms. The highest BCUT2D eigenvalue weighted by Gasteiger charge is 2.35. The molecule has 2 fully saturated rings. The lowest BCUT2D eigenvalue weighted by atomic mass is 10.1. The van der Waals surface area contributed by atoms with E-state index < -0.39 is 0 Å². The fourth-order valence-corrected chi connectivity index (χ4v) is 4.19. The van der Waals surface area contributed by atoms with Gasteiger partial charge in [-0.2, -0.15) is 5.10 Å². The van der Waals surface area contributed by atoms with Crippen LogP contribution >= 0.6 is 0 Å². The second-order valence-corrected chi connectivity index (χ2v) is 7.83. The molecule has 1 saturated heterocycles. The predicted octanol–water partition coefficient (Wildman–Crippen LogP) is 2.70. The van der Waals surface area contributed by atoms with E-state index in [9.17, 15) is 4.79 Å². The summed E-state index contributed by atoms with van der Waals surface area (Å²) in [5, 5.41) is 4.56. The Hall–Kier alpha value is -2.80. The van der Waals surface area contributed by atoms with Crippen LogP contribution in [0.3, 0.4) is 0 Å². The summed E-state index contributed by atoms with van der Waals surface area (Å²) in [5.41, 5.74) is 3.38. The number of hydrogen-bond donors (Lipinski definition) is 0. The molecule has 0 aromatic carbocycles. The summed E-state index contributed by atoms with van der Waals surface area (Å²) in [7, 11) is 2.14. The van der Waals surface area contributed by atoms with E-state index in [0.29, 0.717) is 29.8 Å². The summed E-state index contributed by atoms with van der Waals surface area (Å²) in [5.74, 6) is 0.00535. The second-order valence-electron chi connectivity index (χ2n) is 7.83. The monoisotopic (exact) mass is 376 g/mol. The fraction of sp³-hybridized carbons (Fsp3) is 0.429. The Kier molecular flexibility index (Phi) is 4.31. The average Bonchev–Trinajstić information content (AvgIpc) is 3.32. The Morgan fingerprint density at radius 2 is 2.11 bits per heavy atom. The second kappa shape index (κ2) is 6.98. The number of aromatic nitrogens is 4. The molecule has 7 heteroatoms. The van der Waals surface area contributed by atoms with E-state index in [2.05, 4.69) is 27.0 Å². The molecule has 5 rings (SSSR count). The summed E-state index contributed by atoms with van der Waals surface area (Å²) in [6.45, 7) is 1.65. The minimum atomic E-state index is 0.00535. The molecule has 0 radical (unpaired) electrons. The largest absolute Gasteiger partial charge is 0.331 e. The van der Waals surface area contributed by atoms with Gasteiger partial charge >= 0.3 is 0 Å². The Balaban J connectivity index is 1.49. The normalized spacial score (nSPS) is 20.0. The highest BCUT2D eigenvalue weighted by Crippen LogP contribution is 2.32. The third kappa shape index (κ3) is 3.05. The van der Waals surface area contributed by atoms with Crippen molar-refractivity contribution in [1.29, 1.82) is 0 Å². The average molecular weight is 376 g/mol. The predicted molar refractivity (Wildman–Crippen MR) is 105 cm³/mol. The van der Waals surface area contributed by atoms with Crippen molar-refractivity contribution in [2.75, 3.05) is 13.6 Å². The first-order chi connectivity index (χ1) is 13.7. The highest BCUT2D eigenvalue weighted by atomic mass is 16.2. The van der Waals surface area contributed by atoms with Gasteiger partial charge in [-0.25, -0.2) is 9.50 Å². The van der Waals surface area contributed by atoms with Crippen LogP contribution in [0.2, 0.25) is 0 Å². The molecule has 1 aliphatic carbocycles. The molecule has 0 N–H and O–H groups in total. The van der Waals surface area contributed by atoms with Gasteiger partial charge in [0.25, 0.3) is 5.91 Å². The maximum Gasteiger partial charge on any atom is 0.259 e. The molecule has 3 aromatic rings. The van der Waals surface area contributed by atoms with Gasteiger partial charge in [-0.1, -0.05) is 6.07 Å². The summed E-state index contributed by atoms with van der Waals surface area (Å²) < 4.78 is 1.86. The zero-order valence-corrected chi connectivity index (χ0v) is 16.0. The number of likely N-dealkylation sites (tertiary alicyclic amines) is 1. The molecule has 1 amide bonds. The van der Waals surface area contributed by atoms with Crippen LogP contribution in [-0.4, -0.2) is 54.9 Å². The maximum atomic E-state index is 13.4. The zero-order valence-electron chi connectivity index (χ0n) is 16.0. The third-order valence-corrected chi connectivity index (χ3v) is 5.85. The van der Waals surface area contributed by atoms with Crippen molar-refractivity contribution < 1.29 is 4.79 Å². The minimum absolute atomic E-state index is 0.00535. The number of carbonyl (C=O) groups excluding carboxylic acids is 1. The summed E-state index contributed by atoms with van der Waals surface area (Å²) in [4.78, 5) is 26.4. The number of nitrogens with zero attached hydrogens (tertiary/aromatic N) is 6. The lowest BCUT2D eigenvalue weighted by Gasteiger charge is -2.22. The zero-order chi connectivity index (χ0) is 19.1. The van der Waals surface area contributed by atoms with Crippen molar-refractivity contribution in [3.05, 3.63) is 59.8 Å². The Bertz CT molecular complexity index is 997. The van der Waals surface area contributed by atoms with Crippen molar-refractivity contribution in [3.8, 4) is 0 Å². The smallest absolute Gasteiger partial charge is 0.259 e. The summed E-state index contributed by atoms with van der Waals surface area (Å²) >= 11 is 0. The van der Waals surface area contributed by atoms with Crippen molar-refractivity contribution in [3.63, 3.8) is 0 Å². The van der Waals surface area contributed by atoms with Gasteiger partial charge in [0.15, 0.2) is 5.65 Å². The molecule has 1 saturated carbocycles. The number of pyridine rings is 1. The molecular weight excluding hydrogens is 352 g/mol. The molecule has 0 spiro atoms. The van der Waals surface area contributed by atoms with Crippen LogP contribution in [0, 0.1) is 0 Å². The first-order valence-electron chi connectivity index (χ1n) is 9.95. The van der Waals surface area contributed by atoms with Crippen LogP contribution in [0.25, 0.3) is 5.65 Å².